The van der Waals surface area contributed by atoms with Crippen molar-refractivity contribution in [1.82, 2.24) is 9.55 Å². The first-order valence-electron chi connectivity index (χ1n) is 6.39. The van der Waals surface area contributed by atoms with Gasteiger partial charge >= 0.3 is 0 Å². The summed E-state index contributed by atoms with van der Waals surface area (Å²) in [5.74, 6) is 1.06. The van der Waals surface area contributed by atoms with E-state index in [1.54, 1.807) is 0 Å². The molecule has 1 aromatic heterocycles. The van der Waals surface area contributed by atoms with Gasteiger partial charge in [0.05, 0.1) is 11.0 Å². The molecule has 0 aliphatic heterocycles. The number of para-hydroxylation sites is 2. The van der Waals surface area contributed by atoms with Crippen molar-refractivity contribution in [2.45, 2.75) is 26.3 Å². The van der Waals surface area contributed by atoms with Gasteiger partial charge in [0.1, 0.15) is 0 Å². The van der Waals surface area contributed by atoms with Crippen LogP contribution in [-0.2, 0) is 7.05 Å². The minimum atomic E-state index is 0.458. The lowest BCUT2D eigenvalue weighted by Gasteiger charge is -2.27. The summed E-state index contributed by atoms with van der Waals surface area (Å²) >= 11 is 3.50. The van der Waals surface area contributed by atoms with Gasteiger partial charge in [0.2, 0.25) is 5.95 Å². The molecule has 0 amide bonds. The van der Waals surface area contributed by atoms with E-state index in [1.807, 2.05) is 6.07 Å². The maximum atomic E-state index is 4.76. The second-order valence-corrected chi connectivity index (χ2v) is 5.58. The summed E-state index contributed by atoms with van der Waals surface area (Å²) in [5, 5.41) is 1.03. The molecule has 0 N–H and O–H groups in total. The lowest BCUT2D eigenvalue weighted by molar-refractivity contribution is 0.643. The number of halogens is 1. The molecule has 0 spiro atoms. The van der Waals surface area contributed by atoms with Crippen LogP contribution in [0.15, 0.2) is 24.3 Å². The van der Waals surface area contributed by atoms with Crippen molar-refractivity contribution in [3.63, 3.8) is 0 Å². The van der Waals surface area contributed by atoms with Gasteiger partial charge in [0, 0.05) is 25.0 Å². The summed E-state index contributed by atoms with van der Waals surface area (Å²) in [7, 11) is 2.09. The summed E-state index contributed by atoms with van der Waals surface area (Å²) in [5.41, 5.74) is 2.26. The molecule has 98 valence electrons. The summed E-state index contributed by atoms with van der Waals surface area (Å²) in [6, 6.07) is 8.75. The second kappa shape index (κ2) is 5.74. The molecule has 2 aromatic rings. The minimum Gasteiger partial charge on any atom is -0.340 e. The number of aryl methyl sites for hydroxylation is 1. The molecule has 0 fully saturated rings. The van der Waals surface area contributed by atoms with E-state index in [2.05, 4.69) is 64.5 Å². The van der Waals surface area contributed by atoms with E-state index in [0.717, 1.165) is 29.8 Å². The van der Waals surface area contributed by atoms with Crippen LogP contribution < -0.4 is 4.90 Å². The maximum Gasteiger partial charge on any atom is 0.206 e. The van der Waals surface area contributed by atoms with E-state index in [1.165, 1.54) is 5.52 Å². The van der Waals surface area contributed by atoms with E-state index in [0.29, 0.717) is 6.04 Å². The summed E-state index contributed by atoms with van der Waals surface area (Å²) < 4.78 is 2.18. The van der Waals surface area contributed by atoms with Gasteiger partial charge in [-0.05, 0) is 32.4 Å². The van der Waals surface area contributed by atoms with Gasteiger partial charge < -0.3 is 9.47 Å². The van der Waals surface area contributed by atoms with Crippen LogP contribution in [0.25, 0.3) is 11.0 Å². The standard InChI is InChI=1S/C14H20BrN3/c1-11(2)18(10-6-9-15)14-16-12-7-4-5-8-13(12)17(14)3/h4-5,7-8,11H,6,9-10H2,1-3H3. The number of nitrogens with zero attached hydrogens (tertiary/aromatic N) is 3. The molecule has 2 rings (SSSR count). The highest BCUT2D eigenvalue weighted by atomic mass is 79.9. The van der Waals surface area contributed by atoms with Crippen LogP contribution >= 0.6 is 15.9 Å². The van der Waals surface area contributed by atoms with Gasteiger partial charge in [-0.1, -0.05) is 28.1 Å². The Morgan fingerprint density at radius 3 is 2.67 bits per heavy atom. The van der Waals surface area contributed by atoms with Crippen LogP contribution in [0.2, 0.25) is 0 Å². The summed E-state index contributed by atoms with van der Waals surface area (Å²) in [6.45, 7) is 5.46. The van der Waals surface area contributed by atoms with Gasteiger partial charge in [0.25, 0.3) is 0 Å². The number of alkyl halides is 1. The fourth-order valence-corrected chi connectivity index (χ4v) is 2.46. The van der Waals surface area contributed by atoms with Crippen LogP contribution in [-0.4, -0.2) is 27.5 Å². The normalized spacial score (nSPS) is 11.4. The number of aromatic nitrogens is 2. The quantitative estimate of drug-likeness (QED) is 0.787. The molecule has 4 heteroatoms. The molecule has 3 nitrogen and oxygen atoms in total. The van der Waals surface area contributed by atoms with Crippen molar-refractivity contribution < 1.29 is 0 Å². The van der Waals surface area contributed by atoms with Crippen LogP contribution in [0.4, 0.5) is 5.95 Å². The van der Waals surface area contributed by atoms with Crippen molar-refractivity contribution in [2.24, 2.45) is 7.05 Å². The average Bonchev–Trinajstić information content (AvgIpc) is 2.68. The first-order valence-corrected chi connectivity index (χ1v) is 7.51. The van der Waals surface area contributed by atoms with E-state index in [4.69, 9.17) is 4.98 Å². The Labute approximate surface area is 117 Å². The highest BCUT2D eigenvalue weighted by Crippen LogP contribution is 2.22. The fraction of sp³-hybridized carbons (Fsp3) is 0.500. The Morgan fingerprint density at radius 2 is 2.06 bits per heavy atom. The molecule has 1 aromatic carbocycles. The number of hydrogen-bond acceptors (Lipinski definition) is 2. The molecule has 0 atom stereocenters. The largest absolute Gasteiger partial charge is 0.340 e. The zero-order chi connectivity index (χ0) is 13.1. The van der Waals surface area contributed by atoms with Crippen molar-refractivity contribution in [3.8, 4) is 0 Å². The van der Waals surface area contributed by atoms with Crippen LogP contribution in [0.3, 0.4) is 0 Å². The smallest absolute Gasteiger partial charge is 0.206 e. The Morgan fingerprint density at radius 1 is 1.33 bits per heavy atom. The molecule has 0 aliphatic rings. The first kappa shape index (κ1) is 13.4. The Bertz CT molecular complexity index is 519. The fourth-order valence-electron chi connectivity index (χ4n) is 2.21. The summed E-state index contributed by atoms with van der Waals surface area (Å²) in [6.07, 6.45) is 1.13. The monoisotopic (exact) mass is 309 g/mol. The zero-order valence-corrected chi connectivity index (χ0v) is 12.8. The average molecular weight is 310 g/mol. The number of imidazole rings is 1. The number of fused-ring (bicyclic) bond motifs is 1. The molecule has 0 radical (unpaired) electrons. The molecule has 0 aliphatic carbocycles. The van der Waals surface area contributed by atoms with Crippen molar-refractivity contribution in [2.75, 3.05) is 16.8 Å². The molecule has 0 bridgehead atoms. The molecule has 0 saturated carbocycles. The third kappa shape index (κ3) is 2.53. The number of benzene rings is 1. The third-order valence-electron chi connectivity index (χ3n) is 3.18. The topological polar surface area (TPSA) is 21.1 Å². The highest BCUT2D eigenvalue weighted by Gasteiger charge is 2.16. The zero-order valence-electron chi connectivity index (χ0n) is 11.2. The van der Waals surface area contributed by atoms with Crippen molar-refractivity contribution in [3.05, 3.63) is 24.3 Å². The lowest BCUT2D eigenvalue weighted by Crippen LogP contribution is -2.34. The first-order chi connectivity index (χ1) is 8.65. The lowest BCUT2D eigenvalue weighted by atomic mass is 10.3. The Balaban J connectivity index is 2.40. The number of anilines is 1. The van der Waals surface area contributed by atoms with Gasteiger partial charge in [-0.3, -0.25) is 0 Å². The predicted octanol–water partition coefficient (Wildman–Crippen LogP) is 3.57. The second-order valence-electron chi connectivity index (χ2n) is 4.79. The van der Waals surface area contributed by atoms with Crippen molar-refractivity contribution >= 4 is 32.9 Å². The predicted molar refractivity (Wildman–Crippen MR) is 81.6 cm³/mol. The number of hydrogen-bond donors (Lipinski definition) is 0. The molecular formula is C14H20BrN3. The number of rotatable bonds is 5. The SMILES string of the molecule is CC(C)N(CCCBr)c1nc2ccccc2n1C. The van der Waals surface area contributed by atoms with E-state index in [-0.39, 0.29) is 0 Å². The minimum absolute atomic E-state index is 0.458. The Hall–Kier alpha value is -1.03. The van der Waals surface area contributed by atoms with Gasteiger partial charge in [0.15, 0.2) is 0 Å². The van der Waals surface area contributed by atoms with Gasteiger partial charge in [-0.25, -0.2) is 4.98 Å². The molecule has 18 heavy (non-hydrogen) atoms. The van der Waals surface area contributed by atoms with E-state index < -0.39 is 0 Å². The molecular weight excluding hydrogens is 290 g/mol. The Kier molecular flexibility index (Phi) is 4.27. The molecule has 0 unspecified atom stereocenters. The molecule has 1 heterocycles. The van der Waals surface area contributed by atoms with E-state index in [9.17, 15) is 0 Å². The molecule has 0 saturated heterocycles. The van der Waals surface area contributed by atoms with E-state index >= 15 is 0 Å². The highest BCUT2D eigenvalue weighted by molar-refractivity contribution is 9.09. The van der Waals surface area contributed by atoms with Crippen LogP contribution in [0.5, 0.6) is 0 Å². The maximum absolute atomic E-state index is 4.76. The summed E-state index contributed by atoms with van der Waals surface area (Å²) in [4.78, 5) is 7.12. The van der Waals surface area contributed by atoms with Crippen molar-refractivity contribution in [1.29, 1.82) is 0 Å². The van der Waals surface area contributed by atoms with Crippen LogP contribution in [0.1, 0.15) is 20.3 Å². The van der Waals surface area contributed by atoms with Crippen LogP contribution in [0, 0.1) is 0 Å². The van der Waals surface area contributed by atoms with Gasteiger partial charge in [-0.15, -0.1) is 0 Å². The third-order valence-corrected chi connectivity index (χ3v) is 3.74. The van der Waals surface area contributed by atoms with Gasteiger partial charge in [-0.2, -0.15) is 0 Å².